The van der Waals surface area contributed by atoms with Gasteiger partial charge < -0.3 is 20.3 Å². The molecule has 0 radical (unpaired) electrons. The third-order valence-corrected chi connectivity index (χ3v) is 8.11. The van der Waals surface area contributed by atoms with E-state index in [4.69, 9.17) is 4.74 Å². The van der Waals surface area contributed by atoms with Crippen molar-refractivity contribution in [2.45, 2.75) is 56.5 Å². The van der Waals surface area contributed by atoms with Crippen LogP contribution in [0.15, 0.2) is 53.4 Å². The highest BCUT2D eigenvalue weighted by Gasteiger charge is 2.39. The predicted octanol–water partition coefficient (Wildman–Crippen LogP) is 2.79. The standard InChI is InChI=1S/C27H36N4O6S/c1-5-16-28-25(32)21-10-14-23(15-11-21)38(35,36)31-17-6-7-24(31)26(33)29-19(2)18-20-8-12-22(13-9-20)37-27(34)30(3)4/h8-15,19,24H,5-7,16-18H2,1-4H3,(H,28,32)(H,29,33)/t19-,24+/m1/s1. The Kier molecular flexibility index (Phi) is 9.87. The third-order valence-electron chi connectivity index (χ3n) is 6.19. The fourth-order valence-corrected chi connectivity index (χ4v) is 5.83. The molecule has 0 aromatic heterocycles. The zero-order valence-corrected chi connectivity index (χ0v) is 23.1. The van der Waals surface area contributed by atoms with E-state index in [1.807, 2.05) is 26.0 Å². The molecule has 206 valence electrons. The molecule has 0 aliphatic carbocycles. The summed E-state index contributed by atoms with van der Waals surface area (Å²) in [5.41, 5.74) is 1.31. The smallest absolute Gasteiger partial charge is 0.410 e. The Balaban J connectivity index is 1.61. The maximum Gasteiger partial charge on any atom is 0.414 e. The summed E-state index contributed by atoms with van der Waals surface area (Å²) in [4.78, 5) is 38.3. The van der Waals surface area contributed by atoms with Crippen LogP contribution in [0.5, 0.6) is 5.75 Å². The fourth-order valence-electron chi connectivity index (χ4n) is 4.17. The van der Waals surface area contributed by atoms with Crippen LogP contribution >= 0.6 is 0 Å². The van der Waals surface area contributed by atoms with Crippen molar-refractivity contribution >= 4 is 27.9 Å². The second-order valence-corrected chi connectivity index (χ2v) is 11.5. The molecular weight excluding hydrogens is 508 g/mol. The van der Waals surface area contributed by atoms with Gasteiger partial charge in [-0.1, -0.05) is 19.1 Å². The maximum atomic E-state index is 13.3. The summed E-state index contributed by atoms with van der Waals surface area (Å²) < 4.78 is 33.1. The molecular formula is C27H36N4O6S. The molecule has 2 atom stereocenters. The minimum Gasteiger partial charge on any atom is -0.410 e. The van der Waals surface area contributed by atoms with Crippen LogP contribution in [-0.4, -0.2) is 74.8 Å². The van der Waals surface area contributed by atoms with Crippen molar-refractivity contribution in [3.8, 4) is 5.75 Å². The summed E-state index contributed by atoms with van der Waals surface area (Å²) in [6.07, 6.45) is 1.87. The van der Waals surface area contributed by atoms with Gasteiger partial charge >= 0.3 is 6.09 Å². The molecule has 11 heteroatoms. The van der Waals surface area contributed by atoms with Gasteiger partial charge in [-0.25, -0.2) is 13.2 Å². The highest BCUT2D eigenvalue weighted by molar-refractivity contribution is 7.89. The van der Waals surface area contributed by atoms with Crippen molar-refractivity contribution in [1.82, 2.24) is 19.8 Å². The molecule has 2 aromatic carbocycles. The molecule has 38 heavy (non-hydrogen) atoms. The quantitative estimate of drug-likeness (QED) is 0.474. The van der Waals surface area contributed by atoms with Gasteiger partial charge in [0.25, 0.3) is 5.91 Å². The van der Waals surface area contributed by atoms with Crippen molar-refractivity contribution in [2.75, 3.05) is 27.2 Å². The van der Waals surface area contributed by atoms with Crippen molar-refractivity contribution in [1.29, 1.82) is 0 Å². The summed E-state index contributed by atoms with van der Waals surface area (Å²) in [5, 5.41) is 5.70. The highest BCUT2D eigenvalue weighted by atomic mass is 32.2. The molecule has 1 aliphatic rings. The molecule has 2 N–H and O–H groups in total. The second kappa shape index (κ2) is 12.9. The number of hydrogen-bond acceptors (Lipinski definition) is 6. The molecule has 0 unspecified atom stereocenters. The Labute approximate surface area is 224 Å². The van der Waals surface area contributed by atoms with Gasteiger partial charge in [-0.3, -0.25) is 9.59 Å². The number of rotatable bonds is 10. The lowest BCUT2D eigenvalue weighted by atomic mass is 10.1. The van der Waals surface area contributed by atoms with Gasteiger partial charge in [-0.05, 0) is 74.6 Å². The molecule has 2 aromatic rings. The molecule has 1 saturated heterocycles. The summed E-state index contributed by atoms with van der Waals surface area (Å²) in [5.74, 6) is -0.177. The third kappa shape index (κ3) is 7.32. The summed E-state index contributed by atoms with van der Waals surface area (Å²) in [7, 11) is -0.712. The zero-order chi connectivity index (χ0) is 27.9. The molecule has 0 saturated carbocycles. The Bertz CT molecular complexity index is 1230. The normalized spacial score (nSPS) is 16.5. The summed E-state index contributed by atoms with van der Waals surface area (Å²) in [6, 6.07) is 11.8. The minimum atomic E-state index is -3.91. The molecule has 3 rings (SSSR count). The predicted molar refractivity (Wildman–Crippen MR) is 143 cm³/mol. The van der Waals surface area contributed by atoms with Crippen LogP contribution in [0.2, 0.25) is 0 Å². The van der Waals surface area contributed by atoms with Crippen molar-refractivity contribution in [3.63, 3.8) is 0 Å². The van der Waals surface area contributed by atoms with E-state index in [1.54, 1.807) is 26.2 Å². The first-order valence-electron chi connectivity index (χ1n) is 12.7. The monoisotopic (exact) mass is 544 g/mol. The lowest BCUT2D eigenvalue weighted by Crippen LogP contribution is -2.48. The Morgan fingerprint density at radius 3 is 2.34 bits per heavy atom. The van der Waals surface area contributed by atoms with Crippen LogP contribution in [0.3, 0.4) is 0 Å². The minimum absolute atomic E-state index is 0.0485. The Morgan fingerprint density at radius 2 is 1.74 bits per heavy atom. The van der Waals surface area contributed by atoms with Gasteiger partial charge in [0, 0.05) is 38.8 Å². The van der Waals surface area contributed by atoms with Crippen LogP contribution in [0.1, 0.15) is 49.0 Å². The van der Waals surface area contributed by atoms with E-state index in [9.17, 15) is 22.8 Å². The van der Waals surface area contributed by atoms with Crippen LogP contribution in [0.4, 0.5) is 4.79 Å². The van der Waals surface area contributed by atoms with Crippen LogP contribution in [0.25, 0.3) is 0 Å². The molecule has 3 amide bonds. The van der Waals surface area contributed by atoms with Gasteiger partial charge in [0.15, 0.2) is 0 Å². The van der Waals surface area contributed by atoms with E-state index in [0.717, 1.165) is 12.0 Å². The number of carbonyl (C=O) groups excluding carboxylic acids is 3. The molecule has 1 aliphatic heterocycles. The molecule has 0 spiro atoms. The van der Waals surface area contributed by atoms with E-state index >= 15 is 0 Å². The number of nitrogens with zero attached hydrogens (tertiary/aromatic N) is 2. The highest BCUT2D eigenvalue weighted by Crippen LogP contribution is 2.27. The fraction of sp³-hybridized carbons (Fsp3) is 0.444. The average Bonchev–Trinajstić information content (AvgIpc) is 3.39. The first kappa shape index (κ1) is 29.1. The van der Waals surface area contributed by atoms with Gasteiger partial charge in [0.1, 0.15) is 11.8 Å². The molecule has 0 bridgehead atoms. The van der Waals surface area contributed by atoms with Crippen molar-refractivity contribution in [3.05, 3.63) is 59.7 Å². The number of ether oxygens (including phenoxy) is 1. The van der Waals surface area contributed by atoms with Crippen LogP contribution in [-0.2, 0) is 21.2 Å². The average molecular weight is 545 g/mol. The van der Waals surface area contributed by atoms with Gasteiger partial charge in [-0.2, -0.15) is 4.31 Å². The number of amides is 3. The summed E-state index contributed by atoms with van der Waals surface area (Å²) >= 11 is 0. The van der Waals surface area contributed by atoms with Crippen LogP contribution < -0.4 is 15.4 Å². The molecule has 1 heterocycles. The van der Waals surface area contributed by atoms with Crippen LogP contribution in [0, 0.1) is 0 Å². The maximum absolute atomic E-state index is 13.3. The first-order chi connectivity index (χ1) is 18.0. The number of sulfonamides is 1. The Hall–Kier alpha value is -3.44. The van der Waals surface area contributed by atoms with Crippen molar-refractivity contribution in [2.24, 2.45) is 0 Å². The second-order valence-electron chi connectivity index (χ2n) is 9.57. The van der Waals surface area contributed by atoms with E-state index in [0.29, 0.717) is 37.1 Å². The number of hydrogen-bond donors (Lipinski definition) is 2. The Morgan fingerprint density at radius 1 is 1.08 bits per heavy atom. The lowest BCUT2D eigenvalue weighted by Gasteiger charge is -2.25. The number of nitrogens with one attached hydrogen (secondary N) is 2. The SMILES string of the molecule is CCCNC(=O)c1ccc(S(=O)(=O)N2CCC[C@H]2C(=O)N[C@H](C)Cc2ccc(OC(=O)N(C)C)cc2)cc1. The van der Waals surface area contributed by atoms with E-state index in [-0.39, 0.29) is 29.3 Å². The number of carbonyl (C=O) groups is 3. The summed E-state index contributed by atoms with van der Waals surface area (Å²) in [6.45, 7) is 4.59. The van der Waals surface area contributed by atoms with Crippen molar-refractivity contribution < 1.29 is 27.5 Å². The lowest BCUT2D eigenvalue weighted by molar-refractivity contribution is -0.124. The van der Waals surface area contributed by atoms with Gasteiger partial charge in [0.05, 0.1) is 4.90 Å². The van der Waals surface area contributed by atoms with E-state index in [1.165, 1.54) is 33.5 Å². The van der Waals surface area contributed by atoms with E-state index < -0.39 is 22.2 Å². The zero-order valence-electron chi connectivity index (χ0n) is 22.3. The largest absolute Gasteiger partial charge is 0.414 e. The number of benzene rings is 2. The molecule has 10 nitrogen and oxygen atoms in total. The van der Waals surface area contributed by atoms with Gasteiger partial charge in [0.2, 0.25) is 15.9 Å². The topological polar surface area (TPSA) is 125 Å². The molecule has 1 fully saturated rings. The van der Waals surface area contributed by atoms with Gasteiger partial charge in [-0.15, -0.1) is 0 Å². The first-order valence-corrected chi connectivity index (χ1v) is 14.2. The van der Waals surface area contributed by atoms with E-state index in [2.05, 4.69) is 10.6 Å².